The van der Waals surface area contributed by atoms with Crippen molar-refractivity contribution in [2.75, 3.05) is 38.8 Å². The summed E-state index contributed by atoms with van der Waals surface area (Å²) in [6, 6.07) is 15.3. The van der Waals surface area contributed by atoms with Crippen LogP contribution in [0, 0.1) is 5.92 Å². The van der Waals surface area contributed by atoms with E-state index >= 15 is 0 Å². The van der Waals surface area contributed by atoms with Crippen molar-refractivity contribution in [2.24, 2.45) is 5.92 Å². The lowest BCUT2D eigenvalue weighted by atomic mass is 10.1. The quantitative estimate of drug-likeness (QED) is 0.878. The molecule has 5 heteroatoms. The average molecular weight is 340 g/mol. The fourth-order valence-corrected chi connectivity index (χ4v) is 3.14. The molecule has 0 saturated carbocycles. The lowest BCUT2D eigenvalue weighted by molar-refractivity contribution is 0.0948. The van der Waals surface area contributed by atoms with Crippen molar-refractivity contribution in [3.05, 3.63) is 54.1 Å². The number of carbonyl (C=O) groups is 1. The number of anilines is 1. The SMILES string of the molecule is COc1cccc(C(=O)NC[C@H]2CCN(c3cccc(OC)c3)C2)c1. The first kappa shape index (κ1) is 17.1. The molecule has 1 N–H and O–H groups in total. The molecule has 2 aromatic carbocycles. The number of carbonyl (C=O) groups excluding carboxylic acids is 1. The summed E-state index contributed by atoms with van der Waals surface area (Å²) in [7, 11) is 3.28. The number of nitrogens with zero attached hydrogens (tertiary/aromatic N) is 1. The van der Waals surface area contributed by atoms with Crippen LogP contribution in [0.25, 0.3) is 0 Å². The number of hydrogen-bond donors (Lipinski definition) is 1. The van der Waals surface area contributed by atoms with Crippen LogP contribution in [-0.4, -0.2) is 39.8 Å². The summed E-state index contributed by atoms with van der Waals surface area (Å²) in [6.45, 7) is 2.61. The minimum absolute atomic E-state index is 0.0567. The minimum Gasteiger partial charge on any atom is -0.497 e. The Kier molecular flexibility index (Phi) is 5.43. The van der Waals surface area contributed by atoms with Gasteiger partial charge in [0, 0.05) is 37.0 Å². The normalized spacial score (nSPS) is 16.6. The zero-order valence-electron chi connectivity index (χ0n) is 14.7. The second-order valence-corrected chi connectivity index (χ2v) is 6.24. The predicted octanol–water partition coefficient (Wildman–Crippen LogP) is 2.96. The molecule has 1 saturated heterocycles. The monoisotopic (exact) mass is 340 g/mol. The summed E-state index contributed by atoms with van der Waals surface area (Å²) in [5.41, 5.74) is 1.79. The standard InChI is InChI=1S/C20H24N2O3/c1-24-18-7-3-5-16(11-18)20(23)21-13-15-9-10-22(14-15)17-6-4-8-19(12-17)25-2/h3-8,11-12,15H,9-10,13-14H2,1-2H3,(H,21,23)/t15-/m1/s1. The largest absolute Gasteiger partial charge is 0.497 e. The molecular formula is C20H24N2O3. The van der Waals surface area contributed by atoms with E-state index < -0.39 is 0 Å². The van der Waals surface area contributed by atoms with E-state index in [1.807, 2.05) is 24.3 Å². The van der Waals surface area contributed by atoms with Crippen LogP contribution in [0.15, 0.2) is 48.5 Å². The molecule has 1 aliphatic heterocycles. The maximum absolute atomic E-state index is 12.3. The zero-order valence-corrected chi connectivity index (χ0v) is 14.7. The molecule has 1 amide bonds. The van der Waals surface area contributed by atoms with Gasteiger partial charge in [0.15, 0.2) is 0 Å². The lowest BCUT2D eigenvalue weighted by Gasteiger charge is -2.19. The number of methoxy groups -OCH3 is 2. The van der Waals surface area contributed by atoms with E-state index in [2.05, 4.69) is 22.3 Å². The van der Waals surface area contributed by atoms with Crippen LogP contribution in [-0.2, 0) is 0 Å². The smallest absolute Gasteiger partial charge is 0.251 e. The highest BCUT2D eigenvalue weighted by atomic mass is 16.5. The van der Waals surface area contributed by atoms with Gasteiger partial charge < -0.3 is 19.7 Å². The molecule has 0 radical (unpaired) electrons. The summed E-state index contributed by atoms with van der Waals surface area (Å²) in [4.78, 5) is 14.6. The van der Waals surface area contributed by atoms with E-state index in [0.717, 1.165) is 25.3 Å². The third kappa shape index (κ3) is 4.24. The van der Waals surface area contributed by atoms with Crippen molar-refractivity contribution in [1.29, 1.82) is 0 Å². The molecule has 3 rings (SSSR count). The van der Waals surface area contributed by atoms with E-state index in [-0.39, 0.29) is 5.91 Å². The third-order valence-electron chi connectivity index (χ3n) is 4.59. The van der Waals surface area contributed by atoms with Crippen molar-refractivity contribution >= 4 is 11.6 Å². The second-order valence-electron chi connectivity index (χ2n) is 6.24. The predicted molar refractivity (Wildman–Crippen MR) is 98.6 cm³/mol. The highest BCUT2D eigenvalue weighted by Gasteiger charge is 2.23. The van der Waals surface area contributed by atoms with Gasteiger partial charge in [0.2, 0.25) is 0 Å². The highest BCUT2D eigenvalue weighted by molar-refractivity contribution is 5.94. The maximum Gasteiger partial charge on any atom is 0.251 e. The van der Waals surface area contributed by atoms with Gasteiger partial charge in [-0.2, -0.15) is 0 Å². The number of rotatable bonds is 6. The van der Waals surface area contributed by atoms with Crippen LogP contribution in [0.3, 0.4) is 0 Å². The first-order chi connectivity index (χ1) is 12.2. The third-order valence-corrected chi connectivity index (χ3v) is 4.59. The van der Waals surface area contributed by atoms with Gasteiger partial charge in [-0.1, -0.05) is 12.1 Å². The molecular weight excluding hydrogens is 316 g/mol. The van der Waals surface area contributed by atoms with Crippen LogP contribution in [0.2, 0.25) is 0 Å². The summed E-state index contributed by atoms with van der Waals surface area (Å²) in [6.07, 6.45) is 1.07. The first-order valence-electron chi connectivity index (χ1n) is 8.51. The Morgan fingerprint density at radius 1 is 1.12 bits per heavy atom. The van der Waals surface area contributed by atoms with Crippen LogP contribution < -0.4 is 19.7 Å². The molecule has 0 aromatic heterocycles. The molecule has 0 spiro atoms. The number of amides is 1. The molecule has 1 atom stereocenters. The first-order valence-corrected chi connectivity index (χ1v) is 8.51. The van der Waals surface area contributed by atoms with Gasteiger partial charge in [0.1, 0.15) is 11.5 Å². The molecule has 2 aromatic rings. The van der Waals surface area contributed by atoms with E-state index in [4.69, 9.17) is 9.47 Å². The average Bonchev–Trinajstić information content (AvgIpc) is 3.15. The molecule has 25 heavy (non-hydrogen) atoms. The van der Waals surface area contributed by atoms with E-state index in [0.29, 0.717) is 23.8 Å². The van der Waals surface area contributed by atoms with Gasteiger partial charge in [-0.05, 0) is 42.7 Å². The Morgan fingerprint density at radius 3 is 2.60 bits per heavy atom. The Balaban J connectivity index is 1.53. The lowest BCUT2D eigenvalue weighted by Crippen LogP contribution is -2.31. The Morgan fingerprint density at radius 2 is 1.84 bits per heavy atom. The Bertz CT molecular complexity index is 732. The van der Waals surface area contributed by atoms with Crippen molar-refractivity contribution in [3.63, 3.8) is 0 Å². The molecule has 1 heterocycles. The van der Waals surface area contributed by atoms with Crippen molar-refractivity contribution in [1.82, 2.24) is 5.32 Å². The van der Waals surface area contributed by atoms with Crippen LogP contribution in [0.5, 0.6) is 11.5 Å². The Hall–Kier alpha value is -2.69. The van der Waals surface area contributed by atoms with Crippen LogP contribution in [0.1, 0.15) is 16.8 Å². The number of nitrogens with one attached hydrogen (secondary N) is 1. The van der Waals surface area contributed by atoms with Gasteiger partial charge in [-0.25, -0.2) is 0 Å². The van der Waals surface area contributed by atoms with E-state index in [9.17, 15) is 4.79 Å². The summed E-state index contributed by atoms with van der Waals surface area (Å²) >= 11 is 0. The molecule has 0 bridgehead atoms. The van der Waals surface area contributed by atoms with E-state index in [1.54, 1.807) is 26.4 Å². The molecule has 0 unspecified atom stereocenters. The van der Waals surface area contributed by atoms with Gasteiger partial charge in [-0.15, -0.1) is 0 Å². The zero-order chi connectivity index (χ0) is 17.6. The summed E-state index contributed by atoms with van der Waals surface area (Å²) in [5, 5.41) is 3.04. The van der Waals surface area contributed by atoms with Gasteiger partial charge in [0.25, 0.3) is 5.91 Å². The topological polar surface area (TPSA) is 50.8 Å². The maximum atomic E-state index is 12.3. The van der Waals surface area contributed by atoms with Gasteiger partial charge in [0.05, 0.1) is 14.2 Å². The van der Waals surface area contributed by atoms with Crippen LogP contribution in [0.4, 0.5) is 5.69 Å². The molecule has 132 valence electrons. The fourth-order valence-electron chi connectivity index (χ4n) is 3.14. The number of ether oxygens (including phenoxy) is 2. The summed E-state index contributed by atoms with van der Waals surface area (Å²) in [5.74, 6) is 1.95. The van der Waals surface area contributed by atoms with Gasteiger partial charge >= 0.3 is 0 Å². The number of benzene rings is 2. The summed E-state index contributed by atoms with van der Waals surface area (Å²) < 4.78 is 10.5. The Labute approximate surface area is 148 Å². The second kappa shape index (κ2) is 7.92. The fraction of sp³-hybridized carbons (Fsp3) is 0.350. The number of hydrogen-bond acceptors (Lipinski definition) is 4. The van der Waals surface area contributed by atoms with Crippen molar-refractivity contribution in [3.8, 4) is 11.5 Å². The molecule has 1 aliphatic rings. The van der Waals surface area contributed by atoms with Crippen molar-refractivity contribution < 1.29 is 14.3 Å². The van der Waals surface area contributed by atoms with E-state index in [1.165, 1.54) is 5.69 Å². The van der Waals surface area contributed by atoms with Gasteiger partial charge in [-0.3, -0.25) is 4.79 Å². The minimum atomic E-state index is -0.0567. The molecule has 1 fully saturated rings. The molecule has 5 nitrogen and oxygen atoms in total. The highest BCUT2D eigenvalue weighted by Crippen LogP contribution is 2.26. The van der Waals surface area contributed by atoms with Crippen molar-refractivity contribution in [2.45, 2.75) is 6.42 Å². The molecule has 0 aliphatic carbocycles. The van der Waals surface area contributed by atoms with Crippen LogP contribution >= 0.6 is 0 Å².